The number of aromatic nitrogens is 2. The van der Waals surface area contributed by atoms with Crippen LogP contribution in [0, 0.1) is 12.8 Å². The number of nitrogens with one attached hydrogen (secondary N) is 1. The first-order chi connectivity index (χ1) is 13.0. The van der Waals surface area contributed by atoms with Crippen LogP contribution in [0.1, 0.15) is 24.5 Å². The molecule has 1 fully saturated rings. The van der Waals surface area contributed by atoms with Crippen molar-refractivity contribution in [1.82, 2.24) is 20.0 Å². The molecule has 2 aromatic rings. The molecule has 27 heavy (non-hydrogen) atoms. The number of nitrogens with zero attached hydrogens (tertiary/aromatic N) is 4. The van der Waals surface area contributed by atoms with Crippen molar-refractivity contribution in [1.29, 1.82) is 0 Å². The summed E-state index contributed by atoms with van der Waals surface area (Å²) in [7, 11) is 3.82. The molecule has 0 aliphatic carbocycles. The Morgan fingerprint density at radius 3 is 2.93 bits per heavy atom. The highest BCUT2D eigenvalue weighted by molar-refractivity contribution is 5.80. The second kappa shape index (κ2) is 8.93. The van der Waals surface area contributed by atoms with Crippen LogP contribution in [0.15, 0.2) is 41.7 Å². The first-order valence-electron chi connectivity index (χ1n) is 9.70. The fraction of sp³-hybridized carbons (Fsp3) is 0.524. The van der Waals surface area contributed by atoms with Gasteiger partial charge in [-0.2, -0.15) is 5.10 Å². The van der Waals surface area contributed by atoms with Crippen molar-refractivity contribution < 1.29 is 4.74 Å². The molecule has 0 radical (unpaired) electrons. The molecule has 6 nitrogen and oxygen atoms in total. The van der Waals surface area contributed by atoms with E-state index in [-0.39, 0.29) is 6.10 Å². The molecule has 1 aliphatic heterocycles. The lowest BCUT2D eigenvalue weighted by molar-refractivity contribution is 0.221. The minimum Gasteiger partial charge on any atom is -0.489 e. The first-order valence-corrected chi connectivity index (χ1v) is 9.70. The van der Waals surface area contributed by atoms with E-state index in [1.54, 1.807) is 0 Å². The number of para-hydroxylation sites is 1. The third-order valence-corrected chi connectivity index (χ3v) is 5.05. The number of hydrogen-bond acceptors (Lipinski definition) is 3. The van der Waals surface area contributed by atoms with Gasteiger partial charge in [-0.05, 0) is 49.8 Å². The van der Waals surface area contributed by atoms with E-state index in [4.69, 9.17) is 4.74 Å². The Kier molecular flexibility index (Phi) is 6.37. The Morgan fingerprint density at radius 2 is 2.22 bits per heavy atom. The lowest BCUT2D eigenvalue weighted by Crippen LogP contribution is -2.43. The van der Waals surface area contributed by atoms with Crippen molar-refractivity contribution in [3.05, 3.63) is 47.8 Å². The van der Waals surface area contributed by atoms with Crippen LogP contribution in [0.4, 0.5) is 0 Å². The van der Waals surface area contributed by atoms with Gasteiger partial charge in [0.15, 0.2) is 5.96 Å². The fourth-order valence-electron chi connectivity index (χ4n) is 3.62. The number of likely N-dealkylation sites (tertiary alicyclic amines) is 1. The summed E-state index contributed by atoms with van der Waals surface area (Å²) in [5.41, 5.74) is 2.47. The maximum atomic E-state index is 6.06. The first kappa shape index (κ1) is 19.3. The van der Waals surface area contributed by atoms with Crippen LogP contribution in [-0.4, -0.2) is 53.4 Å². The highest BCUT2D eigenvalue weighted by Gasteiger charge is 2.25. The molecule has 0 amide bonds. The number of aryl methyl sites for hydroxylation is 2. The molecule has 2 atom stereocenters. The summed E-state index contributed by atoms with van der Waals surface area (Å²) in [6.45, 7) is 6.95. The molecule has 6 heteroatoms. The highest BCUT2D eigenvalue weighted by atomic mass is 16.5. The molecule has 1 N–H and O–H groups in total. The predicted molar refractivity (Wildman–Crippen MR) is 109 cm³/mol. The van der Waals surface area contributed by atoms with E-state index in [1.807, 2.05) is 43.2 Å². The molecule has 3 rings (SSSR count). The maximum absolute atomic E-state index is 6.06. The van der Waals surface area contributed by atoms with Crippen LogP contribution in [0.25, 0.3) is 0 Å². The van der Waals surface area contributed by atoms with Crippen LogP contribution in [0.5, 0.6) is 5.75 Å². The molecule has 0 spiro atoms. The summed E-state index contributed by atoms with van der Waals surface area (Å²) in [5.74, 6) is 2.55. The zero-order valence-electron chi connectivity index (χ0n) is 16.9. The Hall–Kier alpha value is -2.50. The van der Waals surface area contributed by atoms with Crippen LogP contribution in [0.3, 0.4) is 0 Å². The van der Waals surface area contributed by atoms with E-state index < -0.39 is 0 Å². The lowest BCUT2D eigenvalue weighted by Gasteiger charge is -2.24. The third kappa shape index (κ3) is 5.25. The Morgan fingerprint density at radius 1 is 1.41 bits per heavy atom. The van der Waals surface area contributed by atoms with Gasteiger partial charge in [0.1, 0.15) is 11.9 Å². The summed E-state index contributed by atoms with van der Waals surface area (Å²) in [6, 6.07) is 8.13. The monoisotopic (exact) mass is 369 g/mol. The minimum atomic E-state index is 0.0663. The fourth-order valence-corrected chi connectivity index (χ4v) is 3.62. The average molecular weight is 370 g/mol. The van der Waals surface area contributed by atoms with Crippen molar-refractivity contribution in [3.63, 3.8) is 0 Å². The van der Waals surface area contributed by atoms with Gasteiger partial charge in [-0.1, -0.05) is 18.2 Å². The molecule has 2 heterocycles. The summed E-state index contributed by atoms with van der Waals surface area (Å²) in [4.78, 5) is 6.82. The Labute approximate surface area is 162 Å². The average Bonchev–Trinajstić information content (AvgIpc) is 3.27. The summed E-state index contributed by atoms with van der Waals surface area (Å²) < 4.78 is 7.93. The summed E-state index contributed by atoms with van der Waals surface area (Å²) >= 11 is 0. The number of guanidine groups is 1. The lowest BCUT2D eigenvalue weighted by atomic mass is 10.0. The number of benzene rings is 1. The zero-order chi connectivity index (χ0) is 19.2. The number of aliphatic imine (C=N–C) groups is 1. The second-order valence-corrected chi connectivity index (χ2v) is 7.45. The number of rotatable bonds is 6. The molecule has 1 saturated heterocycles. The van der Waals surface area contributed by atoms with Crippen molar-refractivity contribution in [2.24, 2.45) is 18.0 Å². The van der Waals surface area contributed by atoms with Crippen LogP contribution >= 0.6 is 0 Å². The van der Waals surface area contributed by atoms with Crippen molar-refractivity contribution in [2.45, 2.75) is 32.8 Å². The molecule has 0 saturated carbocycles. The molecular weight excluding hydrogens is 338 g/mol. The van der Waals surface area contributed by atoms with Gasteiger partial charge in [0.25, 0.3) is 0 Å². The molecule has 0 bridgehead atoms. The van der Waals surface area contributed by atoms with E-state index >= 15 is 0 Å². The normalized spacial score (nSPS) is 18.6. The van der Waals surface area contributed by atoms with Gasteiger partial charge < -0.3 is 15.0 Å². The van der Waals surface area contributed by atoms with Gasteiger partial charge >= 0.3 is 0 Å². The number of ether oxygens (including phenoxy) is 1. The Balaban J connectivity index is 1.47. The van der Waals surface area contributed by atoms with Crippen molar-refractivity contribution in [3.8, 4) is 5.75 Å². The largest absolute Gasteiger partial charge is 0.489 e. The molecule has 1 aliphatic rings. The van der Waals surface area contributed by atoms with Gasteiger partial charge in [0, 0.05) is 33.4 Å². The molecule has 1 aromatic carbocycles. The topological polar surface area (TPSA) is 54.7 Å². The molecular formula is C21H31N5O. The SMILES string of the molecule is CN=C(NCC(C)Oc1ccccc1C)N1CCC(Cc2cnn(C)c2)C1. The van der Waals surface area contributed by atoms with Crippen LogP contribution in [-0.2, 0) is 13.5 Å². The van der Waals surface area contributed by atoms with Crippen molar-refractivity contribution >= 4 is 5.96 Å². The van der Waals surface area contributed by atoms with E-state index in [1.165, 1.54) is 12.0 Å². The second-order valence-electron chi connectivity index (χ2n) is 7.45. The van der Waals surface area contributed by atoms with Crippen LogP contribution in [0.2, 0.25) is 0 Å². The van der Waals surface area contributed by atoms with Crippen LogP contribution < -0.4 is 10.1 Å². The molecule has 146 valence electrons. The standard InChI is InChI=1S/C21H31N5O/c1-16-7-5-6-8-20(16)27-17(2)12-23-21(22-3)26-10-9-18(15-26)11-19-13-24-25(4)14-19/h5-8,13-14,17-18H,9-12,15H2,1-4H3,(H,22,23). The van der Waals surface area contributed by atoms with Gasteiger partial charge in [0.05, 0.1) is 12.7 Å². The highest BCUT2D eigenvalue weighted by Crippen LogP contribution is 2.21. The van der Waals surface area contributed by atoms with Gasteiger partial charge in [-0.15, -0.1) is 0 Å². The number of hydrogen-bond donors (Lipinski definition) is 1. The van der Waals surface area contributed by atoms with E-state index in [2.05, 4.69) is 46.4 Å². The zero-order valence-corrected chi connectivity index (χ0v) is 16.9. The smallest absolute Gasteiger partial charge is 0.193 e. The molecule has 1 aromatic heterocycles. The summed E-state index contributed by atoms with van der Waals surface area (Å²) in [5, 5.41) is 7.75. The quantitative estimate of drug-likeness (QED) is 0.628. The van der Waals surface area contributed by atoms with Gasteiger partial charge in [0.2, 0.25) is 0 Å². The minimum absolute atomic E-state index is 0.0663. The van der Waals surface area contributed by atoms with Gasteiger partial charge in [-0.25, -0.2) is 0 Å². The summed E-state index contributed by atoms with van der Waals surface area (Å²) in [6.07, 6.45) is 6.41. The Bertz CT molecular complexity index is 769. The van der Waals surface area contributed by atoms with E-state index in [0.717, 1.165) is 43.3 Å². The predicted octanol–water partition coefficient (Wildman–Crippen LogP) is 2.64. The molecule has 2 unspecified atom stereocenters. The third-order valence-electron chi connectivity index (χ3n) is 5.05. The maximum Gasteiger partial charge on any atom is 0.193 e. The van der Waals surface area contributed by atoms with E-state index in [9.17, 15) is 0 Å². The van der Waals surface area contributed by atoms with E-state index in [0.29, 0.717) is 5.92 Å². The van der Waals surface area contributed by atoms with Crippen molar-refractivity contribution in [2.75, 3.05) is 26.7 Å². The van der Waals surface area contributed by atoms with Gasteiger partial charge in [-0.3, -0.25) is 9.67 Å².